The van der Waals surface area contributed by atoms with Crippen molar-refractivity contribution in [3.05, 3.63) is 90.0 Å². The molecule has 7 nitrogen and oxygen atoms in total. The molecule has 164 valence electrons. The van der Waals surface area contributed by atoms with E-state index in [0.29, 0.717) is 22.7 Å². The average molecular weight is 439 g/mol. The van der Waals surface area contributed by atoms with E-state index in [2.05, 4.69) is 5.10 Å². The van der Waals surface area contributed by atoms with Crippen molar-refractivity contribution < 1.29 is 19.1 Å². The summed E-state index contributed by atoms with van der Waals surface area (Å²) in [6.07, 6.45) is 0. The molecule has 0 radical (unpaired) electrons. The Kier molecular flexibility index (Phi) is 5.01. The van der Waals surface area contributed by atoms with Crippen LogP contribution in [0.2, 0.25) is 0 Å². The van der Waals surface area contributed by atoms with Gasteiger partial charge in [-0.05, 0) is 31.2 Å². The summed E-state index contributed by atoms with van der Waals surface area (Å²) in [5, 5.41) is 6.02. The van der Waals surface area contributed by atoms with Gasteiger partial charge in [-0.2, -0.15) is 5.10 Å². The fourth-order valence-electron chi connectivity index (χ4n) is 4.30. The lowest BCUT2D eigenvalue weighted by Gasteiger charge is -2.23. The van der Waals surface area contributed by atoms with Gasteiger partial charge in [0.2, 0.25) is 11.7 Å². The Morgan fingerprint density at radius 1 is 0.879 bits per heavy atom. The smallest absolute Gasteiger partial charge is 0.260 e. The van der Waals surface area contributed by atoms with Crippen molar-refractivity contribution >= 4 is 34.7 Å². The molecule has 0 bridgehead atoms. The molecular weight excluding hydrogens is 418 g/mol. The van der Waals surface area contributed by atoms with Crippen molar-refractivity contribution in [1.82, 2.24) is 0 Å². The molecule has 2 heterocycles. The number of carbonyl (C=O) groups excluding carboxylic acids is 3. The van der Waals surface area contributed by atoms with Crippen molar-refractivity contribution in [1.29, 1.82) is 0 Å². The molecule has 2 amide bonds. The predicted octanol–water partition coefficient (Wildman–Crippen LogP) is 3.62. The van der Waals surface area contributed by atoms with Gasteiger partial charge in [-0.1, -0.05) is 60.2 Å². The topological polar surface area (TPSA) is 79.3 Å². The van der Waals surface area contributed by atoms with Crippen LogP contribution in [0, 0.1) is 12.8 Å². The van der Waals surface area contributed by atoms with Gasteiger partial charge in [0.15, 0.2) is 0 Å². The van der Waals surface area contributed by atoms with Gasteiger partial charge in [-0.25, -0.2) is 4.90 Å². The van der Waals surface area contributed by atoms with Crippen LogP contribution in [0.4, 0.5) is 11.4 Å². The Bertz CT molecular complexity index is 1280. The van der Waals surface area contributed by atoms with Crippen LogP contribution < -0.4 is 14.6 Å². The maximum absolute atomic E-state index is 13.6. The number of ether oxygens (including phenoxy) is 1. The Balaban J connectivity index is 1.63. The molecule has 2 aliphatic rings. The molecule has 1 fully saturated rings. The number of anilines is 2. The summed E-state index contributed by atoms with van der Waals surface area (Å²) in [6.45, 7) is 1.96. The van der Waals surface area contributed by atoms with Crippen LogP contribution >= 0.6 is 0 Å². The minimum atomic E-state index is -1.02. The summed E-state index contributed by atoms with van der Waals surface area (Å²) < 4.78 is 5.39. The van der Waals surface area contributed by atoms with Crippen molar-refractivity contribution in [3.63, 3.8) is 0 Å². The van der Waals surface area contributed by atoms with Crippen molar-refractivity contribution in [3.8, 4) is 5.75 Å². The zero-order valence-corrected chi connectivity index (χ0v) is 18.1. The lowest BCUT2D eigenvalue weighted by molar-refractivity contribution is -0.121. The number of Topliss-reactive ketones (excluding diaryl/α,β-unsaturated/α-hetero) is 1. The van der Waals surface area contributed by atoms with E-state index in [1.165, 1.54) is 12.1 Å². The van der Waals surface area contributed by atoms with Gasteiger partial charge in [-0.15, -0.1) is 0 Å². The van der Waals surface area contributed by atoms with Crippen molar-refractivity contribution in [2.24, 2.45) is 11.0 Å². The number of hydrogen-bond donors (Lipinski definition) is 0. The van der Waals surface area contributed by atoms with Crippen LogP contribution in [-0.2, 0) is 9.59 Å². The van der Waals surface area contributed by atoms with Gasteiger partial charge in [0.1, 0.15) is 23.4 Å². The summed E-state index contributed by atoms with van der Waals surface area (Å²) in [5.41, 5.74) is 2.50. The standard InChI is InChI=1S/C26H21N3O4/c1-16-12-14-18(15-13-16)29-23-21(22(27-29)24(30)17-8-4-3-5-9-17)25(31)28(26(23)32)19-10-6-7-11-20(19)33-2/h3-15,21,23H,1-2H3/t21-,23+/m0/s1. The molecule has 0 N–H and O–H groups in total. The normalized spacial score (nSPS) is 19.5. The number of imide groups is 1. The van der Waals surface area contributed by atoms with E-state index in [9.17, 15) is 14.4 Å². The SMILES string of the molecule is COc1ccccc1N1C(=O)[C@H]2C(C(=O)c3ccccc3)=NN(c3ccc(C)cc3)[C@H]2C1=O. The number of benzene rings is 3. The number of para-hydroxylation sites is 2. The number of hydrogen-bond acceptors (Lipinski definition) is 6. The first-order chi connectivity index (χ1) is 16.0. The van der Waals surface area contributed by atoms with E-state index in [4.69, 9.17) is 4.74 Å². The molecule has 7 heteroatoms. The van der Waals surface area contributed by atoms with Gasteiger partial charge in [-0.3, -0.25) is 19.4 Å². The van der Waals surface area contributed by atoms with Gasteiger partial charge < -0.3 is 4.74 Å². The highest BCUT2D eigenvalue weighted by Crippen LogP contribution is 2.40. The van der Waals surface area contributed by atoms with E-state index in [1.54, 1.807) is 48.5 Å². The van der Waals surface area contributed by atoms with Crippen molar-refractivity contribution in [2.45, 2.75) is 13.0 Å². The van der Waals surface area contributed by atoms with Crippen molar-refractivity contribution in [2.75, 3.05) is 17.0 Å². The van der Waals surface area contributed by atoms with Crippen LogP contribution in [0.3, 0.4) is 0 Å². The second-order valence-electron chi connectivity index (χ2n) is 7.97. The van der Waals surface area contributed by atoms with Crippen LogP contribution in [0.25, 0.3) is 0 Å². The molecule has 5 rings (SSSR count). The van der Waals surface area contributed by atoms with Crippen LogP contribution in [0.5, 0.6) is 5.75 Å². The van der Waals surface area contributed by atoms with Gasteiger partial charge in [0.05, 0.1) is 18.5 Å². The lowest BCUT2D eigenvalue weighted by Crippen LogP contribution is -2.39. The molecule has 3 aromatic carbocycles. The second kappa shape index (κ2) is 8.02. The number of aryl methyl sites for hydroxylation is 1. The fraction of sp³-hybridized carbons (Fsp3) is 0.154. The first-order valence-corrected chi connectivity index (χ1v) is 10.6. The summed E-state index contributed by atoms with van der Waals surface area (Å²) in [6, 6.07) is 22.0. The average Bonchev–Trinajstić information content (AvgIpc) is 3.36. The number of nitrogens with zero attached hydrogens (tertiary/aromatic N) is 3. The number of carbonyl (C=O) groups is 3. The molecule has 0 spiro atoms. The highest BCUT2D eigenvalue weighted by atomic mass is 16.5. The second-order valence-corrected chi connectivity index (χ2v) is 7.97. The fourth-order valence-corrected chi connectivity index (χ4v) is 4.30. The highest BCUT2D eigenvalue weighted by Gasteiger charge is 2.59. The zero-order chi connectivity index (χ0) is 23.1. The molecule has 0 saturated carbocycles. The predicted molar refractivity (Wildman–Crippen MR) is 125 cm³/mol. The molecular formula is C26H21N3O4. The van der Waals surface area contributed by atoms with Gasteiger partial charge in [0.25, 0.3) is 5.91 Å². The van der Waals surface area contributed by atoms with E-state index in [1.807, 2.05) is 37.3 Å². The molecule has 1 saturated heterocycles. The maximum Gasteiger partial charge on any atom is 0.260 e. The molecule has 2 aliphatic heterocycles. The number of methoxy groups -OCH3 is 1. The molecule has 0 aliphatic carbocycles. The minimum Gasteiger partial charge on any atom is -0.495 e. The third kappa shape index (κ3) is 3.29. The lowest BCUT2D eigenvalue weighted by atomic mass is 9.92. The number of amides is 2. The first kappa shape index (κ1) is 20.6. The number of hydrazone groups is 1. The van der Waals surface area contributed by atoms with E-state index in [-0.39, 0.29) is 11.5 Å². The molecule has 0 unspecified atom stereocenters. The number of rotatable bonds is 5. The van der Waals surface area contributed by atoms with E-state index >= 15 is 0 Å². The molecule has 3 aromatic rings. The number of ketones is 1. The molecule has 33 heavy (non-hydrogen) atoms. The maximum atomic E-state index is 13.6. The zero-order valence-electron chi connectivity index (χ0n) is 18.1. The quantitative estimate of drug-likeness (QED) is 0.448. The van der Waals surface area contributed by atoms with Crippen LogP contribution in [0.15, 0.2) is 84.0 Å². The Morgan fingerprint density at radius 3 is 2.24 bits per heavy atom. The summed E-state index contributed by atoms with van der Waals surface area (Å²) in [7, 11) is 1.48. The third-order valence-corrected chi connectivity index (χ3v) is 5.94. The first-order valence-electron chi connectivity index (χ1n) is 10.6. The third-order valence-electron chi connectivity index (χ3n) is 5.94. The Labute approximate surface area is 190 Å². The molecule has 2 atom stereocenters. The number of fused-ring (bicyclic) bond motifs is 1. The molecule has 0 aromatic heterocycles. The Morgan fingerprint density at radius 2 is 1.55 bits per heavy atom. The monoisotopic (exact) mass is 439 g/mol. The summed E-state index contributed by atoms with van der Waals surface area (Å²) in [5.74, 6) is -1.93. The minimum absolute atomic E-state index is 0.0579. The summed E-state index contributed by atoms with van der Waals surface area (Å²) in [4.78, 5) is 41.8. The Hall–Kier alpha value is -4.26. The summed E-state index contributed by atoms with van der Waals surface area (Å²) >= 11 is 0. The van der Waals surface area contributed by atoms with Gasteiger partial charge >= 0.3 is 0 Å². The largest absolute Gasteiger partial charge is 0.495 e. The van der Waals surface area contributed by atoms with Crippen LogP contribution in [0.1, 0.15) is 15.9 Å². The highest BCUT2D eigenvalue weighted by molar-refractivity contribution is 6.53. The van der Waals surface area contributed by atoms with Gasteiger partial charge in [0, 0.05) is 5.56 Å². The van der Waals surface area contributed by atoms with E-state index < -0.39 is 23.8 Å². The van der Waals surface area contributed by atoms with Crippen LogP contribution in [-0.4, -0.2) is 36.5 Å². The van der Waals surface area contributed by atoms with E-state index in [0.717, 1.165) is 10.5 Å².